The van der Waals surface area contributed by atoms with Crippen LogP contribution in [0.1, 0.15) is 85.3 Å². The molecule has 3 heterocycles. The van der Waals surface area contributed by atoms with E-state index in [2.05, 4.69) is 39.0 Å². The smallest absolute Gasteiger partial charge is 0.328 e. The van der Waals surface area contributed by atoms with Crippen LogP contribution in [0.5, 0.6) is 5.88 Å². The molecule has 1 amide bonds. The van der Waals surface area contributed by atoms with E-state index in [0.717, 1.165) is 42.0 Å². The van der Waals surface area contributed by atoms with E-state index < -0.39 is 35.4 Å². The number of hydrogen-bond acceptors (Lipinski definition) is 7. The fourth-order valence-electron chi connectivity index (χ4n) is 5.91. The summed E-state index contributed by atoms with van der Waals surface area (Å²) < 4.78 is 17.6. The molecule has 1 fully saturated rings. The summed E-state index contributed by atoms with van der Waals surface area (Å²) in [7, 11) is 0. The van der Waals surface area contributed by atoms with E-state index in [4.69, 9.17) is 19.2 Å². The van der Waals surface area contributed by atoms with Gasteiger partial charge in [0, 0.05) is 18.0 Å². The summed E-state index contributed by atoms with van der Waals surface area (Å²) in [6, 6.07) is 5.66. The summed E-state index contributed by atoms with van der Waals surface area (Å²) in [6.45, 7) is 14.6. The molecule has 41 heavy (non-hydrogen) atoms. The highest BCUT2D eigenvalue weighted by atomic mass is 16.5. The highest BCUT2D eigenvalue weighted by molar-refractivity contribution is 5.91. The molecule has 4 rings (SSSR count). The van der Waals surface area contributed by atoms with Crippen molar-refractivity contribution in [3.8, 4) is 5.88 Å². The van der Waals surface area contributed by atoms with Gasteiger partial charge < -0.3 is 19.1 Å². The van der Waals surface area contributed by atoms with Crippen molar-refractivity contribution in [3.63, 3.8) is 0 Å². The minimum Gasteiger partial charge on any atom is -0.472 e. The van der Waals surface area contributed by atoms with E-state index in [1.807, 2.05) is 27.0 Å². The maximum atomic E-state index is 14.1. The number of amides is 1. The van der Waals surface area contributed by atoms with E-state index in [0.29, 0.717) is 12.3 Å². The van der Waals surface area contributed by atoms with Crippen LogP contribution in [0.2, 0.25) is 0 Å². The molecule has 0 aliphatic carbocycles. The maximum Gasteiger partial charge on any atom is 0.328 e. The van der Waals surface area contributed by atoms with Gasteiger partial charge in [-0.3, -0.25) is 9.59 Å². The second kappa shape index (κ2) is 12.4. The Balaban J connectivity index is 1.77. The van der Waals surface area contributed by atoms with Gasteiger partial charge in [-0.1, -0.05) is 53.7 Å². The van der Waals surface area contributed by atoms with Gasteiger partial charge >= 0.3 is 11.9 Å². The van der Waals surface area contributed by atoms with Crippen LogP contribution in [0.4, 0.5) is 0 Å². The zero-order valence-corrected chi connectivity index (χ0v) is 25.7. The van der Waals surface area contributed by atoms with Crippen LogP contribution in [0.25, 0.3) is 10.8 Å². The molecule has 2 aromatic rings. The number of hydrogen-bond donors (Lipinski definition) is 0. The summed E-state index contributed by atoms with van der Waals surface area (Å²) >= 11 is 0. The molecule has 1 aromatic heterocycles. The molecule has 0 N–H and O–H groups in total. The highest BCUT2D eigenvalue weighted by Crippen LogP contribution is 2.36. The van der Waals surface area contributed by atoms with Crippen molar-refractivity contribution in [1.82, 2.24) is 9.88 Å². The molecular formula is C33H46N2O6. The van der Waals surface area contributed by atoms with Crippen LogP contribution < -0.4 is 4.74 Å². The second-order valence-corrected chi connectivity index (χ2v) is 13.4. The number of carbonyl (C=O) groups is 3. The molecule has 2 aliphatic rings. The highest BCUT2D eigenvalue weighted by Gasteiger charge is 2.46. The number of pyridine rings is 1. The number of carbonyl (C=O) groups excluding carboxylic acids is 3. The molecule has 4 bridgehead atoms. The first-order chi connectivity index (χ1) is 19.3. The number of benzene rings is 1. The quantitative estimate of drug-likeness (QED) is 0.442. The van der Waals surface area contributed by atoms with Gasteiger partial charge in [-0.05, 0) is 66.0 Å². The number of rotatable bonds is 3. The molecule has 0 spiro atoms. The first-order valence-corrected chi connectivity index (χ1v) is 15.0. The van der Waals surface area contributed by atoms with Crippen molar-refractivity contribution in [1.29, 1.82) is 0 Å². The third-order valence-electron chi connectivity index (χ3n) is 8.42. The van der Waals surface area contributed by atoms with Gasteiger partial charge in [-0.25, -0.2) is 9.78 Å². The monoisotopic (exact) mass is 566 g/mol. The van der Waals surface area contributed by atoms with Crippen LogP contribution in [0, 0.1) is 16.7 Å². The number of aromatic nitrogens is 1. The molecule has 8 nitrogen and oxygen atoms in total. The van der Waals surface area contributed by atoms with Crippen LogP contribution in [0.15, 0.2) is 24.4 Å². The Morgan fingerprint density at radius 3 is 2.61 bits per heavy atom. The first-order valence-electron chi connectivity index (χ1n) is 15.0. The Hall–Kier alpha value is -3.16. The van der Waals surface area contributed by atoms with Crippen molar-refractivity contribution < 1.29 is 28.6 Å². The van der Waals surface area contributed by atoms with Crippen molar-refractivity contribution in [2.75, 3.05) is 19.8 Å². The molecule has 0 unspecified atom stereocenters. The Labute approximate surface area is 244 Å². The van der Waals surface area contributed by atoms with Crippen molar-refractivity contribution in [3.05, 3.63) is 35.5 Å². The third kappa shape index (κ3) is 7.19. The molecular weight excluding hydrogens is 520 g/mol. The van der Waals surface area contributed by atoms with Gasteiger partial charge in [0.25, 0.3) is 0 Å². The molecule has 8 heteroatoms. The van der Waals surface area contributed by atoms with E-state index in [9.17, 15) is 14.4 Å². The van der Waals surface area contributed by atoms with Crippen LogP contribution in [-0.2, 0) is 36.7 Å². The van der Waals surface area contributed by atoms with Gasteiger partial charge in [0.2, 0.25) is 11.8 Å². The molecule has 1 saturated heterocycles. The normalized spacial score (nSPS) is 24.0. The first kappa shape index (κ1) is 30.8. The van der Waals surface area contributed by atoms with Crippen molar-refractivity contribution in [2.45, 2.75) is 99.1 Å². The largest absolute Gasteiger partial charge is 0.472 e. The molecule has 0 saturated carbocycles. The fraction of sp³-hybridized carbons (Fsp3) is 0.636. The lowest BCUT2D eigenvalue weighted by molar-refractivity contribution is -0.158. The summed E-state index contributed by atoms with van der Waals surface area (Å²) in [6.07, 6.45) is 5.19. The number of aryl methyl sites for hydroxylation is 2. The summed E-state index contributed by atoms with van der Waals surface area (Å²) in [5, 5.41) is 2.05. The Morgan fingerprint density at radius 1 is 1.17 bits per heavy atom. The Kier molecular flexibility index (Phi) is 9.29. The predicted octanol–water partition coefficient (Wildman–Crippen LogP) is 5.67. The van der Waals surface area contributed by atoms with Gasteiger partial charge in [0.1, 0.15) is 12.1 Å². The predicted molar refractivity (Wildman–Crippen MR) is 158 cm³/mol. The lowest BCUT2D eigenvalue weighted by Crippen LogP contribution is -2.48. The Morgan fingerprint density at radius 2 is 1.93 bits per heavy atom. The minimum absolute atomic E-state index is 0.0544. The SMILES string of the molecule is CCOC(=O)[C@@H]1C[C@@H]2CN1C(=O)[C@H](C(C)(C)C)CC(=O)OCC(C)(C)CCCc1ccc3c(CC)cnc(c3c1)O2. The second-order valence-electron chi connectivity index (χ2n) is 13.4. The van der Waals surface area contributed by atoms with E-state index >= 15 is 0 Å². The summed E-state index contributed by atoms with van der Waals surface area (Å²) in [5.74, 6) is -1.28. The van der Waals surface area contributed by atoms with E-state index in [-0.39, 0.29) is 37.5 Å². The standard InChI is InChI=1S/C33H46N2O6/c1-8-22-18-34-29-25-15-21(12-13-24(22)25)11-10-14-33(6,7)20-40-28(36)17-26(32(3,4)5)30(37)35-19-23(41-29)16-27(35)31(38)39-9-2/h12-13,15,18,23,26-27H,8-11,14,16-17,19-20H2,1-7H3/t23-,26-,27+/m1/s1. The van der Waals surface area contributed by atoms with Gasteiger partial charge in [-0.15, -0.1) is 0 Å². The number of nitrogens with zero attached hydrogens (tertiary/aromatic N) is 2. The zero-order chi connectivity index (χ0) is 29.9. The topological polar surface area (TPSA) is 95.0 Å². The average Bonchev–Trinajstić information content (AvgIpc) is 3.33. The van der Waals surface area contributed by atoms with Gasteiger partial charge in [0.15, 0.2) is 0 Å². The number of ether oxygens (including phenoxy) is 3. The molecule has 2 aliphatic heterocycles. The van der Waals surface area contributed by atoms with Crippen LogP contribution >= 0.6 is 0 Å². The molecule has 0 radical (unpaired) electrons. The molecule has 224 valence electrons. The lowest BCUT2D eigenvalue weighted by atomic mass is 9.77. The Bertz CT molecular complexity index is 1280. The molecule has 1 aromatic carbocycles. The minimum atomic E-state index is -0.800. The molecule has 3 atom stereocenters. The van der Waals surface area contributed by atoms with Gasteiger partial charge in [0.05, 0.1) is 32.1 Å². The summed E-state index contributed by atoms with van der Waals surface area (Å²) in [5.41, 5.74) is 1.59. The van der Waals surface area contributed by atoms with E-state index in [1.54, 1.807) is 11.8 Å². The van der Waals surface area contributed by atoms with Crippen LogP contribution in [0.3, 0.4) is 0 Å². The number of esters is 2. The maximum absolute atomic E-state index is 14.1. The van der Waals surface area contributed by atoms with Crippen LogP contribution in [-0.4, -0.2) is 59.6 Å². The summed E-state index contributed by atoms with van der Waals surface area (Å²) in [4.78, 5) is 46.5. The fourth-order valence-corrected chi connectivity index (χ4v) is 5.91. The van der Waals surface area contributed by atoms with Gasteiger partial charge in [-0.2, -0.15) is 0 Å². The van der Waals surface area contributed by atoms with Crippen molar-refractivity contribution in [2.24, 2.45) is 16.7 Å². The lowest BCUT2D eigenvalue weighted by Gasteiger charge is -2.34. The van der Waals surface area contributed by atoms with Crippen molar-refractivity contribution >= 4 is 28.6 Å². The third-order valence-corrected chi connectivity index (χ3v) is 8.42. The zero-order valence-electron chi connectivity index (χ0n) is 25.7. The number of fused-ring (bicyclic) bond motifs is 3. The average molecular weight is 567 g/mol. The van der Waals surface area contributed by atoms with E-state index in [1.165, 1.54) is 5.56 Å². The number of cyclic esters (lactones) is 1.